The van der Waals surface area contributed by atoms with Crippen LogP contribution in [0, 0.1) is 0 Å². The van der Waals surface area contributed by atoms with E-state index >= 15 is 0 Å². The first-order valence-corrected chi connectivity index (χ1v) is 5.34. The van der Waals surface area contributed by atoms with Gasteiger partial charge in [-0.25, -0.2) is 4.79 Å². The minimum atomic E-state index is -0.0466. The number of benzene rings is 1. The van der Waals surface area contributed by atoms with Gasteiger partial charge < -0.3 is 5.32 Å². The van der Waals surface area contributed by atoms with Crippen molar-refractivity contribution in [1.29, 1.82) is 0 Å². The van der Waals surface area contributed by atoms with Gasteiger partial charge in [-0.2, -0.15) is 0 Å². The molecule has 0 unspecified atom stereocenters. The van der Waals surface area contributed by atoms with Gasteiger partial charge in [-0.1, -0.05) is 31.5 Å². The van der Waals surface area contributed by atoms with Gasteiger partial charge in [0, 0.05) is 19.3 Å². The zero-order valence-electron chi connectivity index (χ0n) is 9.36. The van der Waals surface area contributed by atoms with Crippen LogP contribution in [0.25, 0.3) is 0 Å². The third kappa shape index (κ3) is 3.27. The van der Waals surface area contributed by atoms with Gasteiger partial charge in [0.1, 0.15) is 0 Å². The molecule has 0 fully saturated rings. The zero-order chi connectivity index (χ0) is 11.1. The van der Waals surface area contributed by atoms with E-state index in [9.17, 15) is 4.79 Å². The number of unbranched alkanes of at least 4 members (excludes halogenated alkanes) is 1. The fourth-order valence-corrected chi connectivity index (χ4v) is 1.41. The van der Waals surface area contributed by atoms with Gasteiger partial charge in [0.05, 0.1) is 0 Å². The molecule has 3 heteroatoms. The molecule has 3 nitrogen and oxygen atoms in total. The van der Waals surface area contributed by atoms with Gasteiger partial charge in [0.15, 0.2) is 0 Å². The largest absolute Gasteiger partial charge is 0.341 e. The molecule has 0 aromatic heterocycles. The van der Waals surface area contributed by atoms with Crippen molar-refractivity contribution in [3.63, 3.8) is 0 Å². The van der Waals surface area contributed by atoms with E-state index in [1.165, 1.54) is 0 Å². The highest BCUT2D eigenvalue weighted by Gasteiger charge is 2.12. The first kappa shape index (κ1) is 11.6. The number of anilines is 1. The maximum absolute atomic E-state index is 11.6. The molecular formula is C12H18N2O. The number of hydrogen-bond acceptors (Lipinski definition) is 1. The fourth-order valence-electron chi connectivity index (χ4n) is 1.41. The van der Waals surface area contributed by atoms with Crippen LogP contribution in [0.5, 0.6) is 0 Å². The molecule has 0 heterocycles. The minimum Gasteiger partial charge on any atom is -0.341 e. The molecule has 0 aliphatic carbocycles. The van der Waals surface area contributed by atoms with E-state index < -0.39 is 0 Å². The number of hydrogen-bond donors (Lipinski definition) is 1. The summed E-state index contributed by atoms with van der Waals surface area (Å²) in [7, 11) is 1.66. The number of carbonyl (C=O) groups is 1. The monoisotopic (exact) mass is 206 g/mol. The third-order valence-electron chi connectivity index (χ3n) is 2.26. The number of nitrogens with one attached hydrogen (secondary N) is 1. The Kier molecular flexibility index (Phi) is 4.68. The van der Waals surface area contributed by atoms with Crippen LogP contribution in [-0.4, -0.2) is 19.6 Å². The second-order valence-corrected chi connectivity index (χ2v) is 3.40. The molecule has 0 aliphatic rings. The Hall–Kier alpha value is -1.51. The SMILES string of the molecule is CCCCN(C(=O)NC)c1ccccc1. The molecule has 82 valence electrons. The summed E-state index contributed by atoms with van der Waals surface area (Å²) >= 11 is 0. The van der Waals surface area contributed by atoms with E-state index in [1.807, 2.05) is 30.3 Å². The number of nitrogens with zero attached hydrogens (tertiary/aromatic N) is 1. The number of urea groups is 1. The Morgan fingerprint density at radius 1 is 1.33 bits per heavy atom. The van der Waals surface area contributed by atoms with E-state index in [0.717, 1.165) is 25.1 Å². The van der Waals surface area contributed by atoms with Crippen LogP contribution in [0.3, 0.4) is 0 Å². The second-order valence-electron chi connectivity index (χ2n) is 3.40. The van der Waals surface area contributed by atoms with Crippen molar-refractivity contribution in [2.45, 2.75) is 19.8 Å². The van der Waals surface area contributed by atoms with E-state index in [4.69, 9.17) is 0 Å². The average molecular weight is 206 g/mol. The molecule has 1 aromatic rings. The topological polar surface area (TPSA) is 32.3 Å². The maximum atomic E-state index is 11.6. The summed E-state index contributed by atoms with van der Waals surface area (Å²) in [6, 6.07) is 9.69. The highest BCUT2D eigenvalue weighted by atomic mass is 16.2. The summed E-state index contributed by atoms with van der Waals surface area (Å²) in [5.41, 5.74) is 0.949. The number of carbonyl (C=O) groups excluding carboxylic acids is 1. The Morgan fingerprint density at radius 3 is 2.53 bits per heavy atom. The van der Waals surface area contributed by atoms with Crippen LogP contribution in [-0.2, 0) is 0 Å². The Balaban J connectivity index is 2.76. The van der Waals surface area contributed by atoms with Crippen molar-refractivity contribution in [2.24, 2.45) is 0 Å². The molecule has 0 bridgehead atoms. The molecule has 1 N–H and O–H groups in total. The summed E-state index contributed by atoms with van der Waals surface area (Å²) in [4.78, 5) is 13.4. The molecule has 15 heavy (non-hydrogen) atoms. The molecule has 1 rings (SSSR count). The Morgan fingerprint density at radius 2 is 2.00 bits per heavy atom. The first-order valence-electron chi connectivity index (χ1n) is 5.34. The predicted molar refractivity (Wildman–Crippen MR) is 63.2 cm³/mol. The Labute approximate surface area is 91.1 Å². The van der Waals surface area contributed by atoms with E-state index in [1.54, 1.807) is 11.9 Å². The Bertz CT molecular complexity index is 298. The van der Waals surface area contributed by atoms with Crippen LogP contribution in [0.15, 0.2) is 30.3 Å². The summed E-state index contributed by atoms with van der Waals surface area (Å²) < 4.78 is 0. The fraction of sp³-hybridized carbons (Fsp3) is 0.417. The van der Waals surface area contributed by atoms with Crippen molar-refractivity contribution >= 4 is 11.7 Å². The van der Waals surface area contributed by atoms with Gasteiger partial charge in [0.2, 0.25) is 0 Å². The number of para-hydroxylation sites is 1. The lowest BCUT2D eigenvalue weighted by atomic mass is 10.2. The van der Waals surface area contributed by atoms with E-state index in [-0.39, 0.29) is 6.03 Å². The van der Waals surface area contributed by atoms with Crippen LogP contribution in [0.1, 0.15) is 19.8 Å². The maximum Gasteiger partial charge on any atom is 0.321 e. The van der Waals surface area contributed by atoms with Crippen LogP contribution in [0.4, 0.5) is 10.5 Å². The number of amides is 2. The third-order valence-corrected chi connectivity index (χ3v) is 2.26. The smallest absolute Gasteiger partial charge is 0.321 e. The van der Waals surface area contributed by atoms with Crippen molar-refractivity contribution in [3.8, 4) is 0 Å². The molecule has 0 aliphatic heterocycles. The summed E-state index contributed by atoms with van der Waals surface area (Å²) in [6.45, 7) is 2.88. The van der Waals surface area contributed by atoms with Gasteiger partial charge in [-0.05, 0) is 18.6 Å². The van der Waals surface area contributed by atoms with Gasteiger partial charge >= 0.3 is 6.03 Å². The molecule has 0 atom stereocenters. The van der Waals surface area contributed by atoms with Crippen LogP contribution in [0.2, 0.25) is 0 Å². The quantitative estimate of drug-likeness (QED) is 0.807. The lowest BCUT2D eigenvalue weighted by Crippen LogP contribution is -2.38. The van der Waals surface area contributed by atoms with E-state index in [0.29, 0.717) is 0 Å². The van der Waals surface area contributed by atoms with Crippen molar-refractivity contribution < 1.29 is 4.79 Å². The summed E-state index contributed by atoms with van der Waals surface area (Å²) in [6.07, 6.45) is 2.10. The van der Waals surface area contributed by atoms with Crippen molar-refractivity contribution in [3.05, 3.63) is 30.3 Å². The average Bonchev–Trinajstić information content (AvgIpc) is 2.30. The molecule has 1 aromatic carbocycles. The summed E-state index contributed by atoms with van der Waals surface area (Å²) in [5, 5.41) is 2.66. The molecular weight excluding hydrogens is 188 g/mol. The normalized spacial score (nSPS) is 9.73. The standard InChI is InChI=1S/C12H18N2O/c1-3-4-10-14(12(15)13-2)11-8-6-5-7-9-11/h5-9H,3-4,10H2,1-2H3,(H,13,15). The first-order chi connectivity index (χ1) is 7.29. The van der Waals surface area contributed by atoms with Gasteiger partial charge in [0.25, 0.3) is 0 Å². The lowest BCUT2D eigenvalue weighted by molar-refractivity contribution is 0.248. The molecule has 0 spiro atoms. The predicted octanol–water partition coefficient (Wildman–Crippen LogP) is 2.63. The van der Waals surface area contributed by atoms with Crippen LogP contribution >= 0.6 is 0 Å². The summed E-state index contributed by atoms with van der Waals surface area (Å²) in [5.74, 6) is 0. The second kappa shape index (κ2) is 6.06. The lowest BCUT2D eigenvalue weighted by Gasteiger charge is -2.21. The molecule has 0 saturated heterocycles. The highest BCUT2D eigenvalue weighted by molar-refractivity contribution is 5.91. The molecule has 0 radical (unpaired) electrons. The van der Waals surface area contributed by atoms with Gasteiger partial charge in [-0.15, -0.1) is 0 Å². The van der Waals surface area contributed by atoms with Crippen molar-refractivity contribution in [1.82, 2.24) is 5.32 Å². The highest BCUT2D eigenvalue weighted by Crippen LogP contribution is 2.13. The van der Waals surface area contributed by atoms with Gasteiger partial charge in [-0.3, -0.25) is 4.90 Å². The molecule has 0 saturated carbocycles. The van der Waals surface area contributed by atoms with Crippen LogP contribution < -0.4 is 10.2 Å². The molecule has 2 amide bonds. The minimum absolute atomic E-state index is 0.0466. The zero-order valence-corrected chi connectivity index (χ0v) is 9.36. The van der Waals surface area contributed by atoms with Crippen molar-refractivity contribution in [2.75, 3.05) is 18.5 Å². The number of rotatable bonds is 4. The van der Waals surface area contributed by atoms with E-state index in [2.05, 4.69) is 12.2 Å².